The van der Waals surface area contributed by atoms with E-state index in [0.29, 0.717) is 20.6 Å². The number of halogens is 1. The zero-order valence-corrected chi connectivity index (χ0v) is 17.7. The molecule has 9 nitrogen and oxygen atoms in total. The molecule has 156 valence electrons. The highest BCUT2D eigenvalue weighted by Gasteiger charge is 2.19. The van der Waals surface area contributed by atoms with Crippen molar-refractivity contribution in [1.29, 1.82) is 0 Å². The third kappa shape index (κ3) is 3.74. The minimum Gasteiger partial charge on any atom is -0.434 e. The lowest BCUT2D eigenvalue weighted by Crippen LogP contribution is -2.12. The smallest absolute Gasteiger partial charge is 0.434 e. The standard InChI is InChI=1S/C18H14ClN3O6S2/c1-2-27-18(24)28-12-8-20-16-15(12)10-7-9(3-4-11(10)21-17(16)23)22-30(25,26)14-6-5-13(19)29-14/h3-8,20,22H,2H2,1H3,(H,21,23). The molecule has 0 aliphatic heterocycles. The van der Waals surface area contributed by atoms with E-state index in [1.807, 2.05) is 0 Å². The normalized spacial score (nSPS) is 11.7. The molecule has 3 aromatic heterocycles. The number of sulfonamides is 1. The summed E-state index contributed by atoms with van der Waals surface area (Å²) in [6, 6.07) is 7.50. The molecule has 0 bridgehead atoms. The summed E-state index contributed by atoms with van der Waals surface area (Å²) in [5, 5.41) is 0.788. The Morgan fingerprint density at radius 3 is 2.77 bits per heavy atom. The van der Waals surface area contributed by atoms with Gasteiger partial charge in [-0.05, 0) is 37.3 Å². The molecule has 0 aliphatic rings. The van der Waals surface area contributed by atoms with Crippen LogP contribution >= 0.6 is 22.9 Å². The molecule has 4 aromatic rings. The second-order valence-corrected chi connectivity index (χ2v) is 9.69. The van der Waals surface area contributed by atoms with Gasteiger partial charge >= 0.3 is 6.16 Å². The molecule has 0 atom stereocenters. The molecule has 0 aliphatic carbocycles. The van der Waals surface area contributed by atoms with Gasteiger partial charge in [-0.2, -0.15) is 0 Å². The van der Waals surface area contributed by atoms with E-state index >= 15 is 0 Å². The predicted molar refractivity (Wildman–Crippen MR) is 114 cm³/mol. The fraction of sp³-hybridized carbons (Fsp3) is 0.111. The molecule has 30 heavy (non-hydrogen) atoms. The van der Waals surface area contributed by atoms with Gasteiger partial charge in [-0.1, -0.05) is 11.6 Å². The van der Waals surface area contributed by atoms with Crippen LogP contribution in [-0.2, 0) is 14.8 Å². The van der Waals surface area contributed by atoms with E-state index in [-0.39, 0.29) is 27.8 Å². The monoisotopic (exact) mass is 467 g/mol. The molecule has 12 heteroatoms. The SMILES string of the molecule is CCOC(=O)Oc1c[nH]c2c(=O)[nH]c3ccc(NS(=O)(=O)c4ccc(Cl)s4)cc3c12. The lowest BCUT2D eigenvalue weighted by Gasteiger charge is -2.09. The Morgan fingerprint density at radius 2 is 2.07 bits per heavy atom. The van der Waals surface area contributed by atoms with Crippen molar-refractivity contribution in [2.75, 3.05) is 11.3 Å². The summed E-state index contributed by atoms with van der Waals surface area (Å²) in [6.07, 6.45) is 0.444. The zero-order chi connectivity index (χ0) is 21.5. The molecule has 0 unspecified atom stereocenters. The number of benzene rings is 1. The molecule has 4 rings (SSSR count). The van der Waals surface area contributed by atoms with E-state index in [1.165, 1.54) is 30.5 Å². The number of pyridine rings is 1. The van der Waals surface area contributed by atoms with Gasteiger partial charge in [0.25, 0.3) is 15.6 Å². The number of fused-ring (bicyclic) bond motifs is 3. The Kier molecular flexibility index (Phi) is 5.18. The summed E-state index contributed by atoms with van der Waals surface area (Å²) in [7, 11) is -3.85. The van der Waals surface area contributed by atoms with Gasteiger partial charge < -0.3 is 19.4 Å². The van der Waals surface area contributed by atoms with Gasteiger partial charge in [-0.15, -0.1) is 11.3 Å². The second-order valence-electron chi connectivity index (χ2n) is 6.07. The van der Waals surface area contributed by atoms with E-state index < -0.39 is 21.7 Å². The number of thiophene rings is 1. The van der Waals surface area contributed by atoms with Crippen LogP contribution in [0.15, 0.2) is 45.5 Å². The third-order valence-corrected chi connectivity index (χ3v) is 7.23. The first-order valence-corrected chi connectivity index (χ1v) is 11.3. The van der Waals surface area contributed by atoms with E-state index in [2.05, 4.69) is 14.7 Å². The Hall–Kier alpha value is -3.02. The van der Waals surface area contributed by atoms with Crippen molar-refractivity contribution in [3.05, 3.63) is 51.2 Å². The largest absolute Gasteiger partial charge is 0.513 e. The fourth-order valence-electron chi connectivity index (χ4n) is 2.93. The van der Waals surface area contributed by atoms with Gasteiger partial charge in [-0.3, -0.25) is 9.52 Å². The van der Waals surface area contributed by atoms with Crippen LogP contribution < -0.4 is 15.0 Å². The maximum atomic E-state index is 12.6. The molecule has 0 radical (unpaired) electrons. The molecule has 1 aromatic carbocycles. The minimum atomic E-state index is -3.85. The summed E-state index contributed by atoms with van der Waals surface area (Å²) >= 11 is 6.76. The number of ether oxygens (including phenoxy) is 2. The number of carbonyl (C=O) groups excluding carboxylic acids is 1. The Balaban J connectivity index is 1.82. The van der Waals surface area contributed by atoms with E-state index in [1.54, 1.807) is 13.0 Å². The summed E-state index contributed by atoms with van der Waals surface area (Å²) in [4.78, 5) is 29.5. The number of aromatic amines is 2. The molecule has 0 saturated carbocycles. The molecule has 0 amide bonds. The number of anilines is 1. The maximum absolute atomic E-state index is 12.6. The van der Waals surface area contributed by atoms with Gasteiger partial charge in [-0.25, -0.2) is 13.2 Å². The van der Waals surface area contributed by atoms with Gasteiger partial charge in [0, 0.05) is 22.8 Å². The van der Waals surface area contributed by atoms with Crippen LogP contribution in [0.3, 0.4) is 0 Å². The summed E-state index contributed by atoms with van der Waals surface area (Å²) in [5.41, 5.74) is 0.441. The highest BCUT2D eigenvalue weighted by Crippen LogP contribution is 2.33. The molecule has 3 heterocycles. The number of aromatic nitrogens is 2. The average Bonchev–Trinajstić information content (AvgIpc) is 3.30. The van der Waals surface area contributed by atoms with Crippen LogP contribution in [0, 0.1) is 0 Å². The average molecular weight is 468 g/mol. The van der Waals surface area contributed by atoms with Crippen LogP contribution in [0.1, 0.15) is 6.92 Å². The van der Waals surface area contributed by atoms with Crippen LogP contribution in [0.5, 0.6) is 5.75 Å². The molecular weight excluding hydrogens is 454 g/mol. The van der Waals surface area contributed by atoms with Gasteiger partial charge in [0.1, 0.15) is 9.73 Å². The topological polar surface area (TPSA) is 130 Å². The number of carbonyl (C=O) groups is 1. The number of nitrogens with one attached hydrogen (secondary N) is 3. The first kappa shape index (κ1) is 20.3. The van der Waals surface area contributed by atoms with Crippen LogP contribution in [0.2, 0.25) is 4.34 Å². The van der Waals surface area contributed by atoms with E-state index in [9.17, 15) is 18.0 Å². The van der Waals surface area contributed by atoms with Gasteiger partial charge in [0.2, 0.25) is 0 Å². The molecular formula is C18H14ClN3O6S2. The molecule has 0 spiro atoms. The Morgan fingerprint density at radius 1 is 1.27 bits per heavy atom. The van der Waals surface area contributed by atoms with Crippen LogP contribution in [0.4, 0.5) is 10.5 Å². The zero-order valence-electron chi connectivity index (χ0n) is 15.3. The van der Waals surface area contributed by atoms with Crippen LogP contribution in [0.25, 0.3) is 21.8 Å². The molecule has 0 fully saturated rings. The van der Waals surface area contributed by atoms with E-state index in [0.717, 1.165) is 11.3 Å². The highest BCUT2D eigenvalue weighted by molar-refractivity contribution is 7.94. The maximum Gasteiger partial charge on any atom is 0.513 e. The van der Waals surface area contributed by atoms with Crippen molar-refractivity contribution < 1.29 is 22.7 Å². The van der Waals surface area contributed by atoms with Crippen molar-refractivity contribution in [2.24, 2.45) is 0 Å². The third-order valence-electron chi connectivity index (χ3n) is 4.13. The number of rotatable bonds is 5. The summed E-state index contributed by atoms with van der Waals surface area (Å²) < 4.78 is 38.1. The summed E-state index contributed by atoms with van der Waals surface area (Å²) in [5.74, 6) is 0.0876. The highest BCUT2D eigenvalue weighted by atomic mass is 35.5. The number of hydrogen-bond donors (Lipinski definition) is 3. The molecule has 3 N–H and O–H groups in total. The Bertz CT molecular complexity index is 1440. The van der Waals surface area contributed by atoms with Gasteiger partial charge in [0.15, 0.2) is 5.75 Å². The first-order chi connectivity index (χ1) is 14.3. The Labute approximate surface area is 178 Å². The quantitative estimate of drug-likeness (QED) is 0.379. The van der Waals surface area contributed by atoms with Crippen molar-refractivity contribution in [3.63, 3.8) is 0 Å². The van der Waals surface area contributed by atoms with E-state index in [4.69, 9.17) is 21.1 Å². The number of H-pyrrole nitrogens is 2. The molecule has 0 saturated heterocycles. The van der Waals surface area contributed by atoms with Crippen molar-refractivity contribution in [3.8, 4) is 5.75 Å². The predicted octanol–water partition coefficient (Wildman–Crippen LogP) is 4.06. The lowest BCUT2D eigenvalue weighted by molar-refractivity contribution is 0.105. The van der Waals surface area contributed by atoms with Crippen molar-refractivity contribution >= 4 is 66.6 Å². The van der Waals surface area contributed by atoms with Gasteiger partial charge in [0.05, 0.1) is 16.3 Å². The first-order valence-electron chi connectivity index (χ1n) is 8.58. The second kappa shape index (κ2) is 7.67. The number of hydrogen-bond acceptors (Lipinski definition) is 7. The van der Waals surface area contributed by atoms with Crippen molar-refractivity contribution in [2.45, 2.75) is 11.1 Å². The minimum absolute atomic E-state index is 0.0622. The van der Waals surface area contributed by atoms with Crippen molar-refractivity contribution in [1.82, 2.24) is 9.97 Å². The lowest BCUT2D eigenvalue weighted by atomic mass is 10.1. The summed E-state index contributed by atoms with van der Waals surface area (Å²) in [6.45, 7) is 1.76. The van der Waals surface area contributed by atoms with Crippen LogP contribution in [-0.4, -0.2) is 31.1 Å². The fourth-order valence-corrected chi connectivity index (χ4v) is 5.46.